The number of carbonyl (C=O) groups is 1. The minimum absolute atomic E-state index is 0.174. The molecule has 0 saturated heterocycles. The van der Waals surface area contributed by atoms with Crippen LogP contribution >= 0.6 is 7.60 Å². The highest BCUT2D eigenvalue weighted by molar-refractivity contribution is 7.51. The molecule has 0 amide bonds. The van der Waals surface area contributed by atoms with E-state index in [2.05, 4.69) is 16.7 Å². The molecule has 0 spiro atoms. The first-order valence-corrected chi connectivity index (χ1v) is 10.8. The van der Waals surface area contributed by atoms with E-state index in [0.29, 0.717) is 13.0 Å². The largest absolute Gasteiger partial charge is 0.344 e. The van der Waals surface area contributed by atoms with Crippen molar-refractivity contribution in [1.82, 2.24) is 4.57 Å². The van der Waals surface area contributed by atoms with Crippen LogP contribution < -0.4 is 9.13 Å². The zero-order valence-corrected chi connectivity index (χ0v) is 16.6. The molecule has 0 aliphatic rings. The highest BCUT2D eigenvalue weighted by Crippen LogP contribution is 2.33. The van der Waals surface area contributed by atoms with Crippen LogP contribution in [0.1, 0.15) is 6.42 Å². The topological polar surface area (TPSA) is 87.3 Å². The van der Waals surface area contributed by atoms with Crippen molar-refractivity contribution in [2.45, 2.75) is 19.5 Å². The molecule has 0 fully saturated rings. The molecule has 0 aliphatic carbocycles. The Morgan fingerprint density at radius 3 is 1.79 bits per heavy atom. The molecule has 3 rings (SSSR count). The molecule has 0 aliphatic heterocycles. The van der Waals surface area contributed by atoms with Crippen molar-refractivity contribution in [1.29, 1.82) is 0 Å². The Bertz CT molecular complexity index is 991. The molecular weight excluding hydrogens is 377 g/mol. The third-order valence-electron chi connectivity index (χ3n) is 4.65. The molecule has 0 unspecified atom stereocenters. The monoisotopic (exact) mass is 401 g/mol. The Morgan fingerprint density at radius 2 is 1.36 bits per heavy atom. The van der Waals surface area contributed by atoms with Crippen LogP contribution in [-0.2, 0) is 29.5 Å². The van der Waals surface area contributed by atoms with Crippen molar-refractivity contribution in [3.63, 3.8) is 0 Å². The van der Waals surface area contributed by atoms with Gasteiger partial charge in [-0.2, -0.15) is 0 Å². The summed E-state index contributed by atoms with van der Waals surface area (Å²) < 4.78 is 16.9. The van der Waals surface area contributed by atoms with Gasteiger partial charge in [0.15, 0.2) is 37.9 Å². The number of aromatic nitrogens is 3. The molecular formula is C20H24N3O4P+2. The van der Waals surface area contributed by atoms with E-state index in [1.807, 2.05) is 60.7 Å². The fraction of sp³-hybridized carbons (Fsp3) is 0.250. The molecule has 0 saturated carbocycles. The van der Waals surface area contributed by atoms with E-state index in [9.17, 15) is 9.36 Å². The van der Waals surface area contributed by atoms with E-state index < -0.39 is 7.60 Å². The van der Waals surface area contributed by atoms with Crippen LogP contribution in [-0.4, -0.2) is 26.8 Å². The van der Waals surface area contributed by atoms with E-state index in [1.165, 1.54) is 0 Å². The van der Waals surface area contributed by atoms with E-state index >= 15 is 0 Å². The lowest BCUT2D eigenvalue weighted by molar-refractivity contribution is -0.695. The van der Waals surface area contributed by atoms with Crippen LogP contribution in [0.2, 0.25) is 0 Å². The summed E-state index contributed by atoms with van der Waals surface area (Å²) in [6.07, 6.45) is 8.84. The Hall–Kier alpha value is -2.60. The van der Waals surface area contributed by atoms with Gasteiger partial charge in [-0.05, 0) is 12.1 Å². The maximum atomic E-state index is 11.0. The molecule has 28 heavy (non-hydrogen) atoms. The van der Waals surface area contributed by atoms with Gasteiger partial charge in [-0.15, -0.1) is 0 Å². The number of aldehydes is 1. The molecule has 7 nitrogen and oxygen atoms in total. The zero-order chi connectivity index (χ0) is 20.1. The van der Waals surface area contributed by atoms with Gasteiger partial charge in [0, 0.05) is 53.8 Å². The predicted molar refractivity (Wildman–Crippen MR) is 104 cm³/mol. The van der Waals surface area contributed by atoms with Crippen LogP contribution in [0.25, 0.3) is 22.5 Å². The first-order chi connectivity index (χ1) is 13.4. The summed E-state index contributed by atoms with van der Waals surface area (Å²) in [4.78, 5) is 28.5. The fourth-order valence-corrected chi connectivity index (χ4v) is 3.58. The lowest BCUT2D eigenvalue weighted by Gasteiger charge is -2.08. The van der Waals surface area contributed by atoms with Crippen LogP contribution in [0, 0.1) is 0 Å². The minimum Gasteiger partial charge on any atom is -0.344 e. The van der Waals surface area contributed by atoms with Gasteiger partial charge in [-0.25, -0.2) is 9.13 Å². The molecule has 2 N–H and O–H groups in total. The molecule has 8 heteroatoms. The van der Waals surface area contributed by atoms with Crippen LogP contribution in [0.15, 0.2) is 61.2 Å². The van der Waals surface area contributed by atoms with Crippen molar-refractivity contribution in [2.24, 2.45) is 7.05 Å². The lowest BCUT2D eigenvalue weighted by Crippen LogP contribution is -2.34. The van der Waals surface area contributed by atoms with Gasteiger partial charge in [0.05, 0.1) is 6.42 Å². The van der Waals surface area contributed by atoms with Crippen molar-refractivity contribution in [3.8, 4) is 22.5 Å². The number of carbonyl (C=O) groups excluding carboxylic acids is 1. The maximum Gasteiger partial charge on any atom is 0.331 e. The molecule has 3 aromatic rings. The zero-order valence-electron chi connectivity index (χ0n) is 15.7. The predicted octanol–water partition coefficient (Wildman–Crippen LogP) is 1.70. The summed E-state index contributed by atoms with van der Waals surface area (Å²) in [5, 5.41) is 0. The summed E-state index contributed by atoms with van der Waals surface area (Å²) in [5.41, 5.74) is 4.24. The average Bonchev–Trinajstić information content (AvgIpc) is 3.06. The average molecular weight is 401 g/mol. The van der Waals surface area contributed by atoms with Crippen LogP contribution in [0.3, 0.4) is 0 Å². The quantitative estimate of drug-likeness (QED) is 0.342. The minimum atomic E-state index is -3.99. The van der Waals surface area contributed by atoms with Crippen LogP contribution in [0.5, 0.6) is 0 Å². The molecule has 0 radical (unpaired) electrons. The second-order valence-electron chi connectivity index (χ2n) is 6.66. The van der Waals surface area contributed by atoms with Gasteiger partial charge >= 0.3 is 7.60 Å². The second-order valence-corrected chi connectivity index (χ2v) is 8.43. The maximum absolute atomic E-state index is 11.0. The summed E-state index contributed by atoms with van der Waals surface area (Å²) in [5.74, 6) is 0. The number of rotatable bonds is 8. The SMILES string of the molecule is Cn1c(-c2cc[n+](CCC=O)cc2)ccc1-c1cc[n+](CCP(=O)(O)O)cc1. The van der Waals surface area contributed by atoms with Crippen molar-refractivity contribution >= 4 is 13.9 Å². The standard InChI is InChI=1S/C20H22N3O4P/c1-21-19(17-5-10-22(11-6-17)9-2-15-24)3-4-20(21)18-7-12-23(13-8-18)14-16-28(25,26)27/h3-8,10-13,15H,2,9,14,16H2,1H3/p+2. The molecule has 0 atom stereocenters. The van der Waals surface area contributed by atoms with E-state index in [-0.39, 0.29) is 12.7 Å². The Labute approximate surface area is 163 Å². The van der Waals surface area contributed by atoms with E-state index in [1.54, 1.807) is 4.57 Å². The van der Waals surface area contributed by atoms with Crippen molar-refractivity contribution in [2.75, 3.05) is 6.16 Å². The number of hydrogen-bond donors (Lipinski definition) is 2. The summed E-state index contributed by atoms with van der Waals surface area (Å²) in [6, 6.07) is 12.1. The van der Waals surface area contributed by atoms with Gasteiger partial charge in [0.1, 0.15) is 12.4 Å². The number of aryl methyl sites for hydroxylation is 2. The van der Waals surface area contributed by atoms with Gasteiger partial charge in [0.2, 0.25) is 0 Å². The molecule has 146 valence electrons. The first-order valence-electron chi connectivity index (χ1n) is 9.00. The Kier molecular flexibility index (Phi) is 6.19. The highest BCUT2D eigenvalue weighted by atomic mass is 31.2. The fourth-order valence-electron chi connectivity index (χ4n) is 3.09. The van der Waals surface area contributed by atoms with Gasteiger partial charge in [-0.1, -0.05) is 0 Å². The molecule has 3 aromatic heterocycles. The van der Waals surface area contributed by atoms with E-state index in [0.717, 1.165) is 28.8 Å². The summed E-state index contributed by atoms with van der Waals surface area (Å²) >= 11 is 0. The smallest absolute Gasteiger partial charge is 0.331 e. The summed E-state index contributed by atoms with van der Waals surface area (Å²) in [6.45, 7) is 0.950. The number of hydrogen-bond acceptors (Lipinski definition) is 2. The molecule has 0 bridgehead atoms. The first kappa shape index (κ1) is 20.1. The summed E-state index contributed by atoms with van der Waals surface area (Å²) in [7, 11) is -1.99. The lowest BCUT2D eigenvalue weighted by atomic mass is 10.2. The Morgan fingerprint density at radius 1 is 0.893 bits per heavy atom. The van der Waals surface area contributed by atoms with Gasteiger partial charge in [0.25, 0.3) is 0 Å². The number of pyridine rings is 2. The molecule has 3 heterocycles. The third-order valence-corrected chi connectivity index (χ3v) is 5.43. The van der Waals surface area contributed by atoms with Crippen molar-refractivity contribution in [3.05, 3.63) is 61.2 Å². The number of nitrogens with zero attached hydrogens (tertiary/aromatic N) is 3. The van der Waals surface area contributed by atoms with E-state index in [4.69, 9.17) is 9.79 Å². The highest BCUT2D eigenvalue weighted by Gasteiger charge is 2.16. The van der Waals surface area contributed by atoms with Crippen molar-refractivity contribution < 1.29 is 28.3 Å². The Balaban J connectivity index is 1.77. The normalized spacial score (nSPS) is 11.5. The van der Waals surface area contributed by atoms with Gasteiger partial charge < -0.3 is 19.1 Å². The van der Waals surface area contributed by atoms with Crippen LogP contribution in [0.4, 0.5) is 0 Å². The molecule has 0 aromatic carbocycles. The third kappa shape index (κ3) is 5.01. The van der Waals surface area contributed by atoms with Gasteiger partial charge in [-0.3, -0.25) is 4.57 Å². The second kappa shape index (κ2) is 8.61.